The van der Waals surface area contributed by atoms with Crippen LogP contribution in [-0.2, 0) is 33.4 Å². The predicted molar refractivity (Wildman–Crippen MR) is 150 cm³/mol. The zero-order valence-electron chi connectivity index (χ0n) is 24.9. The van der Waals surface area contributed by atoms with Crippen molar-refractivity contribution < 1.29 is 58.9 Å². The molecule has 0 aromatic carbocycles. The maximum Gasteiger partial charge on any atom is 0.322 e. The van der Waals surface area contributed by atoms with Gasteiger partial charge in [-0.1, -0.05) is 71.6 Å². The molecular weight excluding hydrogens is 554 g/mol. The summed E-state index contributed by atoms with van der Waals surface area (Å²) in [5.41, 5.74) is 0. The second kappa shape index (κ2) is 21.4. The van der Waals surface area contributed by atoms with E-state index in [0.717, 1.165) is 70.6 Å². The van der Waals surface area contributed by atoms with E-state index in [1.54, 1.807) is 0 Å². The van der Waals surface area contributed by atoms with Crippen LogP contribution >= 0.6 is 0 Å². The maximum absolute atomic E-state index is 11.7. The molecule has 42 heavy (non-hydrogen) atoms. The van der Waals surface area contributed by atoms with Crippen LogP contribution in [-0.4, -0.2) is 99.3 Å². The van der Waals surface area contributed by atoms with E-state index in [1.165, 1.54) is 0 Å². The van der Waals surface area contributed by atoms with Crippen LogP contribution in [0.15, 0.2) is 0 Å². The summed E-state index contributed by atoms with van der Waals surface area (Å²) in [5.74, 6) is -3.08. The van der Waals surface area contributed by atoms with Crippen LogP contribution in [0.25, 0.3) is 0 Å². The first kappa shape index (κ1) is 37.7. The van der Waals surface area contributed by atoms with Crippen molar-refractivity contribution in [2.45, 2.75) is 141 Å². The molecule has 1 fully saturated rings. The molecule has 0 aliphatic carbocycles. The number of carboxylic acids is 2. The molecule has 1 heterocycles. The normalized spacial score (nSPS) is 23.0. The van der Waals surface area contributed by atoms with E-state index in [2.05, 4.69) is 5.32 Å². The minimum Gasteiger partial charge on any atom is -0.481 e. The first-order valence-electron chi connectivity index (χ1n) is 15.1. The van der Waals surface area contributed by atoms with Gasteiger partial charge in [0.15, 0.2) is 6.29 Å². The number of rotatable bonds is 23. The number of aliphatic hydroxyl groups excluding tert-OH is 3. The largest absolute Gasteiger partial charge is 0.481 e. The Balaban J connectivity index is 2.26. The van der Waals surface area contributed by atoms with Gasteiger partial charge in [-0.15, -0.1) is 0 Å². The second-order valence-electron chi connectivity index (χ2n) is 11.3. The van der Waals surface area contributed by atoms with Gasteiger partial charge in [0.2, 0.25) is 5.91 Å². The minimum atomic E-state index is -1.57. The Morgan fingerprint density at radius 2 is 1.31 bits per heavy atom. The molecule has 1 aliphatic heterocycles. The van der Waals surface area contributed by atoms with Crippen LogP contribution in [0.2, 0.25) is 0 Å². The molecule has 1 aliphatic rings. The highest BCUT2D eigenvalue weighted by atomic mass is 16.7. The van der Waals surface area contributed by atoms with Crippen LogP contribution in [0.3, 0.4) is 0 Å². The van der Waals surface area contributed by atoms with Gasteiger partial charge in [-0.05, 0) is 18.8 Å². The number of unbranched alkanes of at least 4 members (excludes halogenated alkanes) is 9. The Morgan fingerprint density at radius 1 is 0.738 bits per heavy atom. The van der Waals surface area contributed by atoms with Crippen molar-refractivity contribution >= 4 is 23.8 Å². The number of carbonyl (C=O) groups is 4. The van der Waals surface area contributed by atoms with Crippen LogP contribution in [0.4, 0.5) is 0 Å². The quantitative estimate of drug-likeness (QED) is 0.0731. The smallest absolute Gasteiger partial charge is 0.322 e. The molecule has 0 saturated carbocycles. The molecule has 0 aromatic rings. The van der Waals surface area contributed by atoms with Crippen molar-refractivity contribution in [1.29, 1.82) is 0 Å². The van der Waals surface area contributed by atoms with Gasteiger partial charge >= 0.3 is 17.9 Å². The molecule has 0 spiro atoms. The predicted octanol–water partition coefficient (Wildman–Crippen LogP) is 2.13. The zero-order chi connectivity index (χ0) is 31.5. The lowest BCUT2D eigenvalue weighted by atomic mass is 9.97. The number of nitrogens with one attached hydrogen (secondary N) is 1. The fourth-order valence-corrected chi connectivity index (χ4v) is 4.66. The molecule has 0 bridgehead atoms. The van der Waals surface area contributed by atoms with E-state index in [1.807, 2.05) is 13.8 Å². The summed E-state index contributed by atoms with van der Waals surface area (Å²) < 4.78 is 16.7. The van der Waals surface area contributed by atoms with Crippen LogP contribution in [0, 0.1) is 5.92 Å². The molecule has 0 radical (unpaired) electrons. The fourth-order valence-electron chi connectivity index (χ4n) is 4.66. The van der Waals surface area contributed by atoms with Crippen molar-refractivity contribution in [3.05, 3.63) is 0 Å². The van der Waals surface area contributed by atoms with Gasteiger partial charge < -0.3 is 45.1 Å². The third kappa shape index (κ3) is 16.4. The Morgan fingerprint density at radius 3 is 1.86 bits per heavy atom. The van der Waals surface area contributed by atoms with Crippen molar-refractivity contribution in [2.75, 3.05) is 13.2 Å². The lowest BCUT2D eigenvalue weighted by Crippen LogP contribution is -2.60. The number of aliphatic carboxylic acids is 2. The average molecular weight is 606 g/mol. The molecule has 6 atom stereocenters. The van der Waals surface area contributed by atoms with Gasteiger partial charge in [-0.3, -0.25) is 19.2 Å². The van der Waals surface area contributed by atoms with E-state index < -0.39 is 61.6 Å². The van der Waals surface area contributed by atoms with Gasteiger partial charge in [-0.25, -0.2) is 0 Å². The monoisotopic (exact) mass is 605 g/mol. The summed E-state index contributed by atoms with van der Waals surface area (Å²) >= 11 is 0. The zero-order valence-corrected chi connectivity index (χ0v) is 24.9. The number of amides is 1. The highest BCUT2D eigenvalue weighted by Gasteiger charge is 2.45. The van der Waals surface area contributed by atoms with Gasteiger partial charge in [0.1, 0.15) is 37.6 Å². The summed E-state index contributed by atoms with van der Waals surface area (Å²) in [5, 5.41) is 50.6. The highest BCUT2D eigenvalue weighted by Crippen LogP contribution is 2.27. The van der Waals surface area contributed by atoms with Gasteiger partial charge in [-0.2, -0.15) is 0 Å². The van der Waals surface area contributed by atoms with Gasteiger partial charge in [0, 0.05) is 6.42 Å². The number of hydrogen-bond acceptors (Lipinski definition) is 10. The number of ether oxygens (including phenoxy) is 3. The Hall–Kier alpha value is -2.32. The maximum atomic E-state index is 11.7. The lowest BCUT2D eigenvalue weighted by molar-refractivity contribution is -0.315. The first-order chi connectivity index (χ1) is 19.9. The molecule has 6 N–H and O–H groups in total. The van der Waals surface area contributed by atoms with E-state index >= 15 is 0 Å². The van der Waals surface area contributed by atoms with Crippen LogP contribution < -0.4 is 5.32 Å². The molecule has 1 saturated heterocycles. The molecule has 0 aromatic heterocycles. The number of hydrogen-bond donors (Lipinski definition) is 6. The van der Waals surface area contributed by atoms with Gasteiger partial charge in [0.25, 0.3) is 0 Å². The standard InChI is InChI=1S/C29H51NO12/c1-19(2)20(13-11-9-7-5-3-4-6-8-10-12-14-22(31)30-17-24(34)35)41-29-28(39)27(38)26(37)21(42-29)18-40-25(36)16-15-23(32)33/h19-21,26-29,37-39H,3-18H2,1-2H3,(H,30,31)(H,32,33)(H,34,35)/t20-,21-,26-,27+,28-,29+/m1/s1. The molecule has 0 unspecified atom stereocenters. The molecule has 1 amide bonds. The minimum absolute atomic E-state index is 0.0975. The Labute approximate surface area is 247 Å². The SMILES string of the molecule is CC(C)[C@@H](CCCCCCCCCCCCC(=O)NCC(=O)O)O[C@H]1O[C@H](COC(=O)CCC(=O)O)[C@@H](O)[C@H](O)[C@H]1O. The third-order valence-electron chi connectivity index (χ3n) is 7.25. The third-order valence-corrected chi connectivity index (χ3v) is 7.25. The molecule has 13 nitrogen and oxygen atoms in total. The van der Waals surface area contributed by atoms with E-state index in [0.29, 0.717) is 6.42 Å². The van der Waals surface area contributed by atoms with Crippen LogP contribution in [0.1, 0.15) is 104 Å². The second-order valence-corrected chi connectivity index (χ2v) is 11.3. The first-order valence-corrected chi connectivity index (χ1v) is 15.1. The summed E-state index contributed by atoms with van der Waals surface area (Å²) in [6, 6.07) is 0. The number of carbonyl (C=O) groups excluding carboxylic acids is 2. The van der Waals surface area contributed by atoms with Crippen LogP contribution in [0.5, 0.6) is 0 Å². The lowest BCUT2D eigenvalue weighted by Gasteiger charge is -2.41. The van der Waals surface area contributed by atoms with Crippen molar-refractivity contribution in [2.24, 2.45) is 5.92 Å². The summed E-state index contributed by atoms with van der Waals surface area (Å²) in [4.78, 5) is 44.2. The average Bonchev–Trinajstić information content (AvgIpc) is 2.93. The van der Waals surface area contributed by atoms with Crippen molar-refractivity contribution in [3.63, 3.8) is 0 Å². The Bertz CT molecular complexity index is 807. The molecule has 1 rings (SSSR count). The van der Waals surface area contributed by atoms with Gasteiger partial charge in [0.05, 0.1) is 18.9 Å². The highest BCUT2D eigenvalue weighted by molar-refractivity contribution is 5.81. The van der Waals surface area contributed by atoms with Crippen molar-refractivity contribution in [3.8, 4) is 0 Å². The summed E-state index contributed by atoms with van der Waals surface area (Å²) in [7, 11) is 0. The van der Waals surface area contributed by atoms with E-state index in [-0.39, 0.29) is 30.9 Å². The number of esters is 1. The fraction of sp³-hybridized carbons (Fsp3) is 0.862. The summed E-state index contributed by atoms with van der Waals surface area (Å²) in [6.45, 7) is 3.21. The van der Waals surface area contributed by atoms with E-state index in [9.17, 15) is 34.5 Å². The molecule has 13 heteroatoms. The topological polar surface area (TPSA) is 209 Å². The number of aliphatic hydroxyl groups is 3. The van der Waals surface area contributed by atoms with Crippen molar-refractivity contribution in [1.82, 2.24) is 5.32 Å². The van der Waals surface area contributed by atoms with E-state index in [4.69, 9.17) is 24.4 Å². The number of carboxylic acid groups (broad SMARTS) is 2. The molecule has 244 valence electrons. The summed E-state index contributed by atoms with van der Waals surface area (Å²) in [6.07, 6.45) is 3.40. The molecular formula is C29H51NO12. The Kier molecular flexibility index (Phi) is 19.2.